The van der Waals surface area contributed by atoms with Crippen LogP contribution in [0.25, 0.3) is 0 Å². The quantitative estimate of drug-likeness (QED) is 0.460. The summed E-state index contributed by atoms with van der Waals surface area (Å²) in [4.78, 5) is 10.1. The van der Waals surface area contributed by atoms with Crippen molar-refractivity contribution in [2.45, 2.75) is 91.4 Å². The third-order valence-electron chi connectivity index (χ3n) is 3.03. The van der Waals surface area contributed by atoms with Gasteiger partial charge in [-0.05, 0) is 19.3 Å². The van der Waals surface area contributed by atoms with Gasteiger partial charge in [-0.25, -0.2) is 0 Å². The van der Waals surface area contributed by atoms with Crippen LogP contribution in [0.3, 0.4) is 0 Å². The lowest BCUT2D eigenvalue weighted by molar-refractivity contribution is -0.137. The van der Waals surface area contributed by atoms with Gasteiger partial charge in [-0.2, -0.15) is 0 Å². The Labute approximate surface area is 126 Å². The van der Waals surface area contributed by atoms with Crippen LogP contribution >= 0.6 is 0 Å². The molecule has 0 amide bonds. The molecule has 0 heterocycles. The smallest absolute Gasteiger partial charge is 0.303 e. The molecule has 0 rings (SSSR count). The molecule has 0 atom stereocenters. The number of carboxylic acid groups (broad SMARTS) is 1. The van der Waals surface area contributed by atoms with Crippen LogP contribution in [0.4, 0.5) is 0 Å². The van der Waals surface area contributed by atoms with Gasteiger partial charge in [0.25, 0.3) is 0 Å². The molecule has 0 aromatic carbocycles. The Hall–Kier alpha value is -0.570. The fourth-order valence-corrected chi connectivity index (χ4v) is 1.65. The molecule has 1 N–H and O–H groups in total. The summed E-state index contributed by atoms with van der Waals surface area (Å²) in [6, 6.07) is 0. The second-order valence-corrected chi connectivity index (χ2v) is 5.23. The summed E-state index contributed by atoms with van der Waals surface area (Å²) in [6.07, 6.45) is 12.2. The number of unbranched alkanes of at least 4 members (excludes halogenated alkanes) is 7. The lowest BCUT2D eigenvalue weighted by Gasteiger charge is -1.99. The summed E-state index contributed by atoms with van der Waals surface area (Å²) in [5.74, 6) is -0.666. The van der Waals surface area contributed by atoms with Crippen LogP contribution in [0, 0.1) is 0 Å². The lowest BCUT2D eigenvalue weighted by Crippen LogP contribution is -1.95. The highest BCUT2D eigenvalue weighted by Gasteiger charge is 1.95. The first kappa shape index (κ1) is 21.7. The van der Waals surface area contributed by atoms with Crippen LogP contribution in [0.1, 0.15) is 91.4 Å². The largest absolute Gasteiger partial charge is 0.481 e. The van der Waals surface area contributed by atoms with Gasteiger partial charge >= 0.3 is 5.97 Å². The number of ether oxygens (including phenoxy) is 1. The van der Waals surface area contributed by atoms with E-state index in [2.05, 4.69) is 20.8 Å². The van der Waals surface area contributed by atoms with Crippen LogP contribution in [-0.4, -0.2) is 24.3 Å². The van der Waals surface area contributed by atoms with E-state index in [-0.39, 0.29) is 0 Å². The summed E-state index contributed by atoms with van der Waals surface area (Å²) in [5, 5.41) is 8.32. The average Bonchev–Trinajstić information content (AvgIpc) is 2.43. The summed E-state index contributed by atoms with van der Waals surface area (Å²) < 4.78 is 5.31. The molecule has 20 heavy (non-hydrogen) atoms. The van der Waals surface area contributed by atoms with Crippen molar-refractivity contribution in [1.82, 2.24) is 0 Å². The molecule has 0 aromatic rings. The molecule has 0 aliphatic rings. The first-order valence-electron chi connectivity index (χ1n) is 8.48. The fourth-order valence-electron chi connectivity index (χ4n) is 1.65. The molecule has 3 nitrogen and oxygen atoms in total. The molecule has 0 fully saturated rings. The number of hydrogen-bond donors (Lipinski definition) is 1. The highest BCUT2D eigenvalue weighted by atomic mass is 16.5. The molecule has 0 saturated heterocycles. The lowest BCUT2D eigenvalue weighted by atomic mass is 10.1. The highest BCUT2D eigenvalue weighted by molar-refractivity contribution is 5.66. The SMILES string of the molecule is CCCCCCCCC(=O)O.CCCCOCCCC. The molecule has 0 saturated carbocycles. The molecule has 0 aliphatic carbocycles. The van der Waals surface area contributed by atoms with Gasteiger partial charge in [0.05, 0.1) is 0 Å². The molecule has 122 valence electrons. The van der Waals surface area contributed by atoms with Crippen LogP contribution in [0.2, 0.25) is 0 Å². The Kier molecular flexibility index (Phi) is 22.5. The Morgan fingerprint density at radius 1 is 0.750 bits per heavy atom. The van der Waals surface area contributed by atoms with E-state index >= 15 is 0 Å². The van der Waals surface area contributed by atoms with Crippen molar-refractivity contribution < 1.29 is 14.6 Å². The van der Waals surface area contributed by atoms with Gasteiger partial charge in [0.15, 0.2) is 0 Å². The standard InChI is InChI=1S/C9H18O2.C8H18O/c1-2-3-4-5-6-7-8-9(10)11;1-3-5-7-9-8-6-4-2/h2-8H2,1H3,(H,10,11);3-8H2,1-2H3. The molecular formula is C17H36O3. The predicted molar refractivity (Wildman–Crippen MR) is 86.3 cm³/mol. The Morgan fingerprint density at radius 2 is 1.20 bits per heavy atom. The molecule has 0 radical (unpaired) electrons. The maximum atomic E-state index is 10.1. The van der Waals surface area contributed by atoms with Gasteiger partial charge in [0, 0.05) is 19.6 Å². The van der Waals surface area contributed by atoms with E-state index in [1.54, 1.807) is 0 Å². The van der Waals surface area contributed by atoms with E-state index in [9.17, 15) is 4.79 Å². The highest BCUT2D eigenvalue weighted by Crippen LogP contribution is 2.06. The minimum absolute atomic E-state index is 0.339. The van der Waals surface area contributed by atoms with Crippen molar-refractivity contribution in [2.24, 2.45) is 0 Å². The summed E-state index contributed by atoms with van der Waals surface area (Å²) >= 11 is 0. The normalized spacial score (nSPS) is 9.95. The first-order valence-corrected chi connectivity index (χ1v) is 8.48. The zero-order chi connectivity index (χ0) is 15.5. The second-order valence-electron chi connectivity index (χ2n) is 5.23. The van der Waals surface area contributed by atoms with Crippen molar-refractivity contribution in [3.05, 3.63) is 0 Å². The molecular weight excluding hydrogens is 252 g/mol. The summed E-state index contributed by atoms with van der Waals surface area (Å²) in [6.45, 7) is 8.45. The molecule has 0 unspecified atom stereocenters. The van der Waals surface area contributed by atoms with E-state index in [0.29, 0.717) is 6.42 Å². The van der Waals surface area contributed by atoms with Gasteiger partial charge < -0.3 is 9.84 Å². The van der Waals surface area contributed by atoms with E-state index in [1.807, 2.05) is 0 Å². The van der Waals surface area contributed by atoms with E-state index in [0.717, 1.165) is 26.1 Å². The minimum Gasteiger partial charge on any atom is -0.481 e. The fraction of sp³-hybridized carbons (Fsp3) is 0.941. The number of aliphatic carboxylic acids is 1. The van der Waals surface area contributed by atoms with Crippen molar-refractivity contribution in [1.29, 1.82) is 0 Å². The van der Waals surface area contributed by atoms with Crippen LogP contribution in [0.15, 0.2) is 0 Å². The monoisotopic (exact) mass is 288 g/mol. The second kappa shape index (κ2) is 20.7. The van der Waals surface area contributed by atoms with E-state index in [4.69, 9.17) is 9.84 Å². The molecule has 0 bridgehead atoms. The Morgan fingerprint density at radius 3 is 1.65 bits per heavy atom. The van der Waals surface area contributed by atoms with E-state index in [1.165, 1.54) is 51.4 Å². The maximum absolute atomic E-state index is 10.1. The minimum atomic E-state index is -0.666. The van der Waals surface area contributed by atoms with Crippen LogP contribution in [0.5, 0.6) is 0 Å². The predicted octanol–water partition coefficient (Wildman–Crippen LogP) is 5.42. The Bertz CT molecular complexity index is 175. The maximum Gasteiger partial charge on any atom is 0.303 e. The molecule has 3 heteroatoms. The molecule has 0 aromatic heterocycles. The molecule has 0 aliphatic heterocycles. The van der Waals surface area contributed by atoms with Gasteiger partial charge in [0.2, 0.25) is 0 Å². The average molecular weight is 288 g/mol. The zero-order valence-electron chi connectivity index (χ0n) is 14.0. The number of carboxylic acids is 1. The Balaban J connectivity index is 0. The van der Waals surface area contributed by atoms with Gasteiger partial charge in [-0.3, -0.25) is 4.79 Å². The topological polar surface area (TPSA) is 46.5 Å². The summed E-state index contributed by atoms with van der Waals surface area (Å²) in [7, 11) is 0. The van der Waals surface area contributed by atoms with Crippen molar-refractivity contribution in [3.63, 3.8) is 0 Å². The van der Waals surface area contributed by atoms with Crippen molar-refractivity contribution in [2.75, 3.05) is 13.2 Å². The zero-order valence-corrected chi connectivity index (χ0v) is 14.0. The number of hydrogen-bond acceptors (Lipinski definition) is 2. The third-order valence-corrected chi connectivity index (χ3v) is 3.03. The van der Waals surface area contributed by atoms with Crippen molar-refractivity contribution in [3.8, 4) is 0 Å². The number of rotatable bonds is 13. The van der Waals surface area contributed by atoms with Crippen LogP contribution < -0.4 is 0 Å². The first-order chi connectivity index (χ1) is 9.68. The van der Waals surface area contributed by atoms with Crippen LogP contribution in [-0.2, 0) is 9.53 Å². The molecule has 0 spiro atoms. The summed E-state index contributed by atoms with van der Waals surface area (Å²) in [5.41, 5.74) is 0. The van der Waals surface area contributed by atoms with Crippen molar-refractivity contribution >= 4 is 5.97 Å². The van der Waals surface area contributed by atoms with Gasteiger partial charge in [-0.1, -0.05) is 65.7 Å². The third kappa shape index (κ3) is 26.1. The number of carbonyl (C=O) groups is 1. The van der Waals surface area contributed by atoms with Gasteiger partial charge in [-0.15, -0.1) is 0 Å². The van der Waals surface area contributed by atoms with Gasteiger partial charge in [0.1, 0.15) is 0 Å². The van der Waals surface area contributed by atoms with E-state index < -0.39 is 5.97 Å².